The van der Waals surface area contributed by atoms with Crippen LogP contribution in [0, 0.1) is 5.92 Å². The minimum Gasteiger partial charge on any atom is -0.340 e. The highest BCUT2D eigenvalue weighted by Crippen LogP contribution is 2.49. The Kier molecular flexibility index (Phi) is 3.09. The van der Waals surface area contributed by atoms with Crippen molar-refractivity contribution in [2.75, 3.05) is 13.1 Å². The summed E-state index contributed by atoms with van der Waals surface area (Å²) in [6.07, 6.45) is 2.99. The quantitative estimate of drug-likeness (QED) is 0.881. The van der Waals surface area contributed by atoms with E-state index in [0.717, 1.165) is 32.4 Å². The average Bonchev–Trinajstić information content (AvgIpc) is 3.19. The molecular formula is C16H22N2O. The van der Waals surface area contributed by atoms with E-state index in [1.807, 2.05) is 23.1 Å². The first-order valence-electron chi connectivity index (χ1n) is 7.22. The molecule has 0 aromatic heterocycles. The van der Waals surface area contributed by atoms with Gasteiger partial charge in [-0.15, -0.1) is 0 Å². The van der Waals surface area contributed by atoms with Crippen molar-refractivity contribution in [1.29, 1.82) is 0 Å². The van der Waals surface area contributed by atoms with Crippen molar-refractivity contribution in [3.8, 4) is 0 Å². The fourth-order valence-electron chi connectivity index (χ4n) is 3.38. The number of nitrogens with zero attached hydrogens (tertiary/aromatic N) is 1. The highest BCUT2D eigenvalue weighted by atomic mass is 16.2. The molecule has 1 saturated carbocycles. The van der Waals surface area contributed by atoms with Crippen LogP contribution in [-0.2, 0) is 10.2 Å². The number of rotatable bonds is 2. The Balaban J connectivity index is 1.80. The Bertz CT molecular complexity index is 457. The first kappa shape index (κ1) is 12.7. The van der Waals surface area contributed by atoms with Gasteiger partial charge >= 0.3 is 0 Å². The predicted octanol–water partition coefficient (Wildman–Crippen LogP) is 1.91. The summed E-state index contributed by atoms with van der Waals surface area (Å²) in [5, 5.41) is 0. The molecule has 1 saturated heterocycles. The number of hydrogen-bond donors (Lipinski definition) is 1. The third kappa shape index (κ3) is 2.27. The van der Waals surface area contributed by atoms with Gasteiger partial charge in [-0.2, -0.15) is 0 Å². The van der Waals surface area contributed by atoms with E-state index in [0.29, 0.717) is 11.8 Å². The molecular weight excluding hydrogens is 236 g/mol. The minimum absolute atomic E-state index is 0.138. The number of carbonyl (C=O) groups is 1. The zero-order chi connectivity index (χ0) is 13.5. The molecule has 2 aliphatic rings. The fraction of sp³-hybridized carbons (Fsp3) is 0.562. The number of amides is 1. The highest BCUT2D eigenvalue weighted by molar-refractivity contribution is 5.91. The van der Waals surface area contributed by atoms with Crippen molar-refractivity contribution < 1.29 is 4.79 Å². The van der Waals surface area contributed by atoms with Gasteiger partial charge in [0.1, 0.15) is 0 Å². The number of benzene rings is 1. The number of hydrogen-bond acceptors (Lipinski definition) is 2. The molecule has 1 heterocycles. The molecule has 3 nitrogen and oxygen atoms in total. The third-order valence-electron chi connectivity index (χ3n) is 4.47. The van der Waals surface area contributed by atoms with E-state index >= 15 is 0 Å². The summed E-state index contributed by atoms with van der Waals surface area (Å²) >= 11 is 0. The maximum atomic E-state index is 12.8. The molecule has 2 unspecified atom stereocenters. The summed E-state index contributed by atoms with van der Waals surface area (Å²) in [6.45, 7) is 3.76. The lowest BCUT2D eigenvalue weighted by molar-refractivity contribution is -0.136. The van der Waals surface area contributed by atoms with Gasteiger partial charge in [0.05, 0.1) is 5.41 Å². The molecule has 0 bridgehead atoms. The molecule has 3 heteroatoms. The molecule has 2 N–H and O–H groups in total. The van der Waals surface area contributed by atoms with Gasteiger partial charge < -0.3 is 10.6 Å². The third-order valence-corrected chi connectivity index (χ3v) is 4.47. The van der Waals surface area contributed by atoms with Gasteiger partial charge in [-0.1, -0.05) is 37.3 Å². The van der Waals surface area contributed by atoms with Crippen LogP contribution in [0.25, 0.3) is 0 Å². The van der Waals surface area contributed by atoms with Crippen LogP contribution >= 0.6 is 0 Å². The van der Waals surface area contributed by atoms with Gasteiger partial charge in [-0.3, -0.25) is 4.79 Å². The highest BCUT2D eigenvalue weighted by Gasteiger charge is 2.53. The molecule has 1 aromatic rings. The summed E-state index contributed by atoms with van der Waals surface area (Å²) in [6, 6.07) is 10.3. The Hall–Kier alpha value is -1.35. The first-order chi connectivity index (χ1) is 9.12. The molecule has 1 aromatic carbocycles. The van der Waals surface area contributed by atoms with Crippen LogP contribution in [-0.4, -0.2) is 29.9 Å². The Morgan fingerprint density at radius 1 is 1.26 bits per heavy atom. The van der Waals surface area contributed by atoms with Gasteiger partial charge in [0.15, 0.2) is 0 Å². The predicted molar refractivity (Wildman–Crippen MR) is 75.7 cm³/mol. The minimum atomic E-state index is -0.238. The van der Waals surface area contributed by atoms with Crippen molar-refractivity contribution in [3.05, 3.63) is 35.9 Å². The molecule has 1 aliphatic carbocycles. The molecule has 2 atom stereocenters. The molecule has 3 rings (SSSR count). The van der Waals surface area contributed by atoms with Gasteiger partial charge in [0.25, 0.3) is 0 Å². The van der Waals surface area contributed by atoms with Gasteiger partial charge in [-0.05, 0) is 30.7 Å². The first-order valence-corrected chi connectivity index (χ1v) is 7.22. The molecule has 19 heavy (non-hydrogen) atoms. The van der Waals surface area contributed by atoms with Crippen molar-refractivity contribution in [3.63, 3.8) is 0 Å². The maximum Gasteiger partial charge on any atom is 0.233 e. The van der Waals surface area contributed by atoms with E-state index in [2.05, 4.69) is 19.1 Å². The molecule has 0 radical (unpaired) electrons. The van der Waals surface area contributed by atoms with Crippen molar-refractivity contribution in [1.82, 2.24) is 4.90 Å². The molecule has 0 spiro atoms. The summed E-state index contributed by atoms with van der Waals surface area (Å²) in [7, 11) is 0. The number of nitrogens with two attached hydrogens (primary N) is 1. The van der Waals surface area contributed by atoms with Gasteiger partial charge in [-0.25, -0.2) is 0 Å². The number of piperidine rings is 1. The van der Waals surface area contributed by atoms with Gasteiger partial charge in [0.2, 0.25) is 5.91 Å². The Labute approximate surface area is 114 Å². The molecule has 2 fully saturated rings. The summed E-state index contributed by atoms with van der Waals surface area (Å²) in [5.41, 5.74) is 7.00. The standard InChI is InChI=1S/C16H22N2O/c1-12-9-14(17)11-18(10-12)15(19)16(7-8-16)13-5-3-2-4-6-13/h2-6,12,14H,7-11,17H2,1H3. The van der Waals surface area contributed by atoms with Crippen LogP contribution in [0.2, 0.25) is 0 Å². The molecule has 1 amide bonds. The normalized spacial score (nSPS) is 29.1. The van der Waals surface area contributed by atoms with E-state index in [9.17, 15) is 4.79 Å². The zero-order valence-electron chi connectivity index (χ0n) is 11.5. The SMILES string of the molecule is CC1CC(N)CN(C(=O)C2(c3ccccc3)CC2)C1. The van der Waals surface area contributed by atoms with Crippen molar-refractivity contribution in [2.24, 2.45) is 11.7 Å². The van der Waals surface area contributed by atoms with Gasteiger partial charge in [0, 0.05) is 19.1 Å². The number of carbonyl (C=O) groups excluding carboxylic acids is 1. The van der Waals surface area contributed by atoms with Crippen molar-refractivity contribution >= 4 is 5.91 Å². The van der Waals surface area contributed by atoms with E-state index in [4.69, 9.17) is 5.73 Å². The van der Waals surface area contributed by atoms with Crippen LogP contribution in [0.3, 0.4) is 0 Å². The van der Waals surface area contributed by atoms with E-state index < -0.39 is 0 Å². The lowest BCUT2D eigenvalue weighted by atomic mass is 9.91. The van der Waals surface area contributed by atoms with Crippen molar-refractivity contribution in [2.45, 2.75) is 37.6 Å². The smallest absolute Gasteiger partial charge is 0.233 e. The lowest BCUT2D eigenvalue weighted by Gasteiger charge is -2.37. The van der Waals surface area contributed by atoms with Crippen LogP contribution in [0.1, 0.15) is 31.7 Å². The molecule has 1 aliphatic heterocycles. The van der Waals surface area contributed by atoms with Crippen LogP contribution < -0.4 is 5.73 Å². The second kappa shape index (κ2) is 4.64. The fourth-order valence-corrected chi connectivity index (χ4v) is 3.38. The van der Waals surface area contributed by atoms with Crippen LogP contribution in [0.5, 0.6) is 0 Å². The summed E-state index contributed by atoms with van der Waals surface area (Å²) in [5.74, 6) is 0.806. The zero-order valence-corrected chi connectivity index (χ0v) is 11.5. The monoisotopic (exact) mass is 258 g/mol. The van der Waals surface area contributed by atoms with E-state index in [1.54, 1.807) is 0 Å². The second-order valence-corrected chi connectivity index (χ2v) is 6.26. The van der Waals surface area contributed by atoms with E-state index in [1.165, 1.54) is 5.56 Å². The van der Waals surface area contributed by atoms with Crippen LogP contribution in [0.15, 0.2) is 30.3 Å². The summed E-state index contributed by atoms with van der Waals surface area (Å²) < 4.78 is 0. The van der Waals surface area contributed by atoms with E-state index in [-0.39, 0.29) is 11.5 Å². The Morgan fingerprint density at radius 2 is 1.95 bits per heavy atom. The number of likely N-dealkylation sites (tertiary alicyclic amines) is 1. The average molecular weight is 258 g/mol. The maximum absolute atomic E-state index is 12.8. The lowest BCUT2D eigenvalue weighted by Crippen LogP contribution is -2.51. The second-order valence-electron chi connectivity index (χ2n) is 6.26. The molecule has 102 valence electrons. The topological polar surface area (TPSA) is 46.3 Å². The summed E-state index contributed by atoms with van der Waals surface area (Å²) in [4.78, 5) is 14.8. The van der Waals surface area contributed by atoms with Crippen LogP contribution in [0.4, 0.5) is 0 Å². The largest absolute Gasteiger partial charge is 0.340 e. The Morgan fingerprint density at radius 3 is 2.53 bits per heavy atom.